The predicted molar refractivity (Wildman–Crippen MR) is 118 cm³/mol. The fourth-order valence-corrected chi connectivity index (χ4v) is 2.39. The van der Waals surface area contributed by atoms with E-state index in [9.17, 15) is 0 Å². The van der Waals surface area contributed by atoms with Gasteiger partial charge in [-0.15, -0.1) is 24.0 Å². The number of halogens is 2. The van der Waals surface area contributed by atoms with Gasteiger partial charge in [0.1, 0.15) is 0 Å². The summed E-state index contributed by atoms with van der Waals surface area (Å²) in [7, 11) is 3.37. The molecule has 0 aromatic heterocycles. The number of hydrogen-bond acceptors (Lipinski definition) is 3. The van der Waals surface area contributed by atoms with Crippen LogP contribution in [-0.2, 0) is 6.54 Å². The Bertz CT molecular complexity index is 693. The van der Waals surface area contributed by atoms with Crippen molar-refractivity contribution in [2.45, 2.75) is 13.5 Å². The van der Waals surface area contributed by atoms with E-state index in [4.69, 9.17) is 9.47 Å². The van der Waals surface area contributed by atoms with Gasteiger partial charge >= 0.3 is 0 Å². The van der Waals surface area contributed by atoms with Gasteiger partial charge in [-0.05, 0) is 36.8 Å². The Morgan fingerprint density at radius 3 is 2.44 bits per heavy atom. The van der Waals surface area contributed by atoms with Crippen LogP contribution >= 0.6 is 39.9 Å². The molecule has 136 valence electrons. The summed E-state index contributed by atoms with van der Waals surface area (Å²) in [5.74, 6) is 2.10. The number of anilines is 1. The van der Waals surface area contributed by atoms with Crippen molar-refractivity contribution in [2.75, 3.05) is 26.1 Å². The molecule has 2 N–H and O–H groups in total. The quantitative estimate of drug-likeness (QED) is 0.331. The van der Waals surface area contributed by atoms with Gasteiger partial charge < -0.3 is 20.1 Å². The Labute approximate surface area is 174 Å². The Kier molecular flexibility index (Phi) is 9.66. The fourth-order valence-electron chi connectivity index (χ4n) is 2.13. The zero-order valence-electron chi connectivity index (χ0n) is 14.5. The van der Waals surface area contributed by atoms with Crippen molar-refractivity contribution < 1.29 is 9.47 Å². The molecular formula is C18H23BrIN3O2. The summed E-state index contributed by atoms with van der Waals surface area (Å²) in [6.45, 7) is 3.20. The van der Waals surface area contributed by atoms with Crippen molar-refractivity contribution in [1.82, 2.24) is 5.32 Å². The number of rotatable bonds is 6. The molecule has 0 aliphatic rings. The summed E-state index contributed by atoms with van der Waals surface area (Å²) < 4.78 is 12.0. The molecule has 0 bridgehead atoms. The first-order chi connectivity index (χ1) is 11.7. The summed E-state index contributed by atoms with van der Waals surface area (Å²) in [5.41, 5.74) is 2.05. The Morgan fingerprint density at radius 2 is 1.84 bits per heavy atom. The van der Waals surface area contributed by atoms with Crippen molar-refractivity contribution in [2.24, 2.45) is 4.99 Å². The lowest BCUT2D eigenvalue weighted by Crippen LogP contribution is -2.30. The molecular weight excluding hydrogens is 497 g/mol. The predicted octanol–water partition coefficient (Wildman–Crippen LogP) is 4.66. The third kappa shape index (κ3) is 6.74. The molecule has 0 fully saturated rings. The van der Waals surface area contributed by atoms with E-state index in [1.54, 1.807) is 14.2 Å². The zero-order valence-corrected chi connectivity index (χ0v) is 18.4. The van der Waals surface area contributed by atoms with Crippen LogP contribution in [0.2, 0.25) is 0 Å². The average Bonchev–Trinajstić information content (AvgIpc) is 2.60. The molecule has 25 heavy (non-hydrogen) atoms. The monoisotopic (exact) mass is 519 g/mol. The molecule has 0 unspecified atom stereocenters. The van der Waals surface area contributed by atoms with Crippen LogP contribution in [-0.4, -0.2) is 26.7 Å². The Hall–Kier alpha value is -1.48. The molecule has 0 heterocycles. The summed E-state index contributed by atoms with van der Waals surface area (Å²) in [4.78, 5) is 4.25. The molecule has 7 heteroatoms. The van der Waals surface area contributed by atoms with Gasteiger partial charge in [-0.25, -0.2) is 0 Å². The maximum absolute atomic E-state index is 5.59. The first-order valence-corrected chi connectivity index (χ1v) is 8.48. The molecule has 0 spiro atoms. The molecule has 2 rings (SSSR count). The Balaban J connectivity index is 0.00000312. The SMILES string of the molecule is CCOc1cc(NC(=NC)NCc2ccc(Br)cc2)ccc1OC.I. The highest BCUT2D eigenvalue weighted by Crippen LogP contribution is 2.30. The highest BCUT2D eigenvalue weighted by Gasteiger charge is 2.07. The second-order valence-electron chi connectivity index (χ2n) is 4.98. The smallest absolute Gasteiger partial charge is 0.195 e. The minimum Gasteiger partial charge on any atom is -0.493 e. The van der Waals surface area contributed by atoms with Crippen LogP contribution in [0.4, 0.5) is 5.69 Å². The number of hydrogen-bond donors (Lipinski definition) is 2. The standard InChI is InChI=1S/C18H22BrN3O2.HI/c1-4-24-17-11-15(9-10-16(17)23-3)22-18(20-2)21-12-13-5-7-14(19)8-6-13;/h5-11H,4,12H2,1-3H3,(H2,20,21,22);1H. The summed E-state index contributed by atoms with van der Waals surface area (Å²) in [6.07, 6.45) is 0. The first kappa shape index (κ1) is 21.6. The van der Waals surface area contributed by atoms with Gasteiger partial charge in [0.25, 0.3) is 0 Å². The number of nitrogens with zero attached hydrogens (tertiary/aromatic N) is 1. The van der Waals surface area contributed by atoms with Crippen LogP contribution in [0.3, 0.4) is 0 Å². The number of guanidine groups is 1. The zero-order chi connectivity index (χ0) is 17.4. The van der Waals surface area contributed by atoms with Gasteiger partial charge in [-0.3, -0.25) is 4.99 Å². The van der Waals surface area contributed by atoms with E-state index >= 15 is 0 Å². The lowest BCUT2D eigenvalue weighted by molar-refractivity contribution is 0.311. The summed E-state index contributed by atoms with van der Waals surface area (Å²) >= 11 is 3.44. The molecule has 2 aromatic rings. The second-order valence-corrected chi connectivity index (χ2v) is 5.89. The van der Waals surface area contributed by atoms with Crippen molar-refractivity contribution in [3.8, 4) is 11.5 Å². The Morgan fingerprint density at radius 1 is 1.12 bits per heavy atom. The highest BCUT2D eigenvalue weighted by atomic mass is 127. The molecule has 2 aromatic carbocycles. The van der Waals surface area contributed by atoms with Crippen LogP contribution in [0.15, 0.2) is 51.9 Å². The van der Waals surface area contributed by atoms with E-state index in [0.29, 0.717) is 30.6 Å². The molecule has 0 atom stereocenters. The fraction of sp³-hybridized carbons (Fsp3) is 0.278. The lowest BCUT2D eigenvalue weighted by atomic mass is 10.2. The minimum absolute atomic E-state index is 0. The van der Waals surface area contributed by atoms with Gasteiger partial charge in [0.15, 0.2) is 17.5 Å². The van der Waals surface area contributed by atoms with Crippen LogP contribution < -0.4 is 20.1 Å². The van der Waals surface area contributed by atoms with E-state index in [0.717, 1.165) is 10.2 Å². The van der Waals surface area contributed by atoms with Crippen LogP contribution in [0.5, 0.6) is 11.5 Å². The lowest BCUT2D eigenvalue weighted by Gasteiger charge is -2.14. The highest BCUT2D eigenvalue weighted by molar-refractivity contribution is 14.0. The van der Waals surface area contributed by atoms with E-state index in [2.05, 4.69) is 43.7 Å². The second kappa shape index (κ2) is 11.2. The van der Waals surface area contributed by atoms with Gasteiger partial charge in [0.2, 0.25) is 0 Å². The van der Waals surface area contributed by atoms with Gasteiger partial charge in [0.05, 0.1) is 13.7 Å². The average molecular weight is 520 g/mol. The van der Waals surface area contributed by atoms with E-state index in [1.807, 2.05) is 37.3 Å². The minimum atomic E-state index is 0. The van der Waals surface area contributed by atoms with Crippen molar-refractivity contribution in [1.29, 1.82) is 0 Å². The number of methoxy groups -OCH3 is 1. The first-order valence-electron chi connectivity index (χ1n) is 7.69. The topological polar surface area (TPSA) is 54.9 Å². The van der Waals surface area contributed by atoms with E-state index in [-0.39, 0.29) is 24.0 Å². The van der Waals surface area contributed by atoms with Crippen molar-refractivity contribution >= 4 is 51.6 Å². The normalized spacial score (nSPS) is 10.6. The molecule has 5 nitrogen and oxygen atoms in total. The third-order valence-corrected chi connectivity index (χ3v) is 3.85. The maximum atomic E-state index is 5.59. The van der Waals surface area contributed by atoms with E-state index < -0.39 is 0 Å². The van der Waals surface area contributed by atoms with Gasteiger partial charge in [0, 0.05) is 29.8 Å². The van der Waals surface area contributed by atoms with Crippen molar-refractivity contribution in [3.05, 3.63) is 52.5 Å². The van der Waals surface area contributed by atoms with Gasteiger partial charge in [-0.2, -0.15) is 0 Å². The molecule has 0 amide bonds. The number of aliphatic imine (C=N–C) groups is 1. The number of nitrogens with one attached hydrogen (secondary N) is 2. The van der Waals surface area contributed by atoms with E-state index in [1.165, 1.54) is 5.56 Å². The molecule has 0 saturated heterocycles. The van der Waals surface area contributed by atoms with Crippen LogP contribution in [0.1, 0.15) is 12.5 Å². The molecule has 0 aliphatic heterocycles. The number of ether oxygens (including phenoxy) is 2. The summed E-state index contributed by atoms with van der Waals surface area (Å²) in [6, 6.07) is 13.9. The van der Waals surface area contributed by atoms with Crippen LogP contribution in [0.25, 0.3) is 0 Å². The number of benzene rings is 2. The third-order valence-electron chi connectivity index (χ3n) is 3.32. The summed E-state index contributed by atoms with van der Waals surface area (Å²) in [5, 5.41) is 6.54. The van der Waals surface area contributed by atoms with Crippen LogP contribution in [0, 0.1) is 0 Å². The molecule has 0 aliphatic carbocycles. The van der Waals surface area contributed by atoms with Gasteiger partial charge in [-0.1, -0.05) is 28.1 Å². The van der Waals surface area contributed by atoms with Crippen molar-refractivity contribution in [3.63, 3.8) is 0 Å². The largest absolute Gasteiger partial charge is 0.493 e. The molecule has 0 saturated carbocycles. The maximum Gasteiger partial charge on any atom is 0.195 e. The molecule has 0 radical (unpaired) electrons.